The van der Waals surface area contributed by atoms with E-state index in [-0.39, 0.29) is 17.1 Å². The summed E-state index contributed by atoms with van der Waals surface area (Å²) in [5.74, 6) is 0.143. The molecule has 1 heterocycles. The molecule has 19 heavy (non-hydrogen) atoms. The first-order chi connectivity index (χ1) is 9.13. The largest absolute Gasteiger partial charge is 0.475 e. The number of carbonyl (C=O) groups excluding carboxylic acids is 1. The molecular formula is C13H20N4O2. The van der Waals surface area contributed by atoms with E-state index in [9.17, 15) is 4.79 Å². The van der Waals surface area contributed by atoms with Gasteiger partial charge in [-0.15, -0.1) is 10.2 Å². The van der Waals surface area contributed by atoms with Gasteiger partial charge in [0.15, 0.2) is 5.69 Å². The summed E-state index contributed by atoms with van der Waals surface area (Å²) in [5, 5.41) is 10.2. The fourth-order valence-corrected chi connectivity index (χ4v) is 2.26. The predicted molar refractivity (Wildman–Crippen MR) is 70.9 cm³/mol. The lowest BCUT2D eigenvalue weighted by Gasteiger charge is -2.32. The predicted octanol–water partition coefficient (Wildman–Crippen LogP) is 0.877. The number of hydrogen-bond donors (Lipinski definition) is 2. The highest BCUT2D eigenvalue weighted by Gasteiger charge is 2.28. The smallest absolute Gasteiger partial charge is 0.271 e. The van der Waals surface area contributed by atoms with E-state index in [1.165, 1.54) is 6.42 Å². The Balaban J connectivity index is 1.91. The molecular weight excluding hydrogens is 244 g/mol. The number of hydrogen-bond acceptors (Lipinski definition) is 5. The minimum Gasteiger partial charge on any atom is -0.475 e. The van der Waals surface area contributed by atoms with Crippen molar-refractivity contribution in [2.24, 2.45) is 5.73 Å². The van der Waals surface area contributed by atoms with Crippen LogP contribution in [0.5, 0.6) is 5.88 Å². The zero-order valence-electron chi connectivity index (χ0n) is 11.2. The Labute approximate surface area is 112 Å². The average Bonchev–Trinajstić information content (AvgIpc) is 2.46. The van der Waals surface area contributed by atoms with Gasteiger partial charge >= 0.3 is 0 Å². The Hall–Kier alpha value is -1.69. The Kier molecular flexibility index (Phi) is 4.31. The molecule has 1 fully saturated rings. The molecule has 104 valence electrons. The molecule has 0 atom stereocenters. The van der Waals surface area contributed by atoms with Crippen LogP contribution >= 0.6 is 0 Å². The summed E-state index contributed by atoms with van der Waals surface area (Å²) in [5.41, 5.74) is 6.29. The number of carbonyl (C=O) groups is 1. The highest BCUT2D eigenvalue weighted by molar-refractivity contribution is 5.91. The average molecular weight is 264 g/mol. The maximum Gasteiger partial charge on any atom is 0.271 e. The molecule has 0 unspecified atom stereocenters. The van der Waals surface area contributed by atoms with Crippen molar-refractivity contribution in [3.63, 3.8) is 0 Å². The van der Waals surface area contributed by atoms with E-state index in [1.807, 2.05) is 0 Å². The number of nitrogens with zero attached hydrogens (tertiary/aromatic N) is 2. The summed E-state index contributed by atoms with van der Waals surface area (Å²) >= 11 is 0. The quantitative estimate of drug-likeness (QED) is 0.842. The highest BCUT2D eigenvalue weighted by atomic mass is 16.5. The van der Waals surface area contributed by atoms with Crippen LogP contribution in [0, 0.1) is 0 Å². The first-order valence-electron chi connectivity index (χ1n) is 6.60. The van der Waals surface area contributed by atoms with Crippen LogP contribution in [-0.4, -0.2) is 35.3 Å². The van der Waals surface area contributed by atoms with Gasteiger partial charge in [0.1, 0.15) is 6.61 Å². The molecule has 0 aliphatic heterocycles. The minimum atomic E-state index is -0.262. The van der Waals surface area contributed by atoms with Gasteiger partial charge < -0.3 is 15.8 Å². The summed E-state index contributed by atoms with van der Waals surface area (Å²) in [4.78, 5) is 11.3. The van der Waals surface area contributed by atoms with E-state index >= 15 is 0 Å². The molecule has 1 aromatic heterocycles. The number of nitrogens with two attached hydrogens (primary N) is 1. The van der Waals surface area contributed by atoms with E-state index in [0.717, 1.165) is 25.7 Å². The Bertz CT molecular complexity index is 427. The molecule has 0 saturated heterocycles. The van der Waals surface area contributed by atoms with Crippen molar-refractivity contribution < 1.29 is 9.53 Å². The molecule has 6 nitrogen and oxygen atoms in total. The van der Waals surface area contributed by atoms with Gasteiger partial charge in [-0.25, -0.2) is 0 Å². The topological polar surface area (TPSA) is 90.1 Å². The van der Waals surface area contributed by atoms with Crippen LogP contribution in [0.1, 0.15) is 42.6 Å². The van der Waals surface area contributed by atoms with Crippen molar-refractivity contribution in [1.82, 2.24) is 15.5 Å². The van der Waals surface area contributed by atoms with E-state index < -0.39 is 0 Å². The van der Waals surface area contributed by atoms with Gasteiger partial charge in [-0.3, -0.25) is 4.79 Å². The molecule has 1 saturated carbocycles. The van der Waals surface area contributed by atoms with E-state index in [2.05, 4.69) is 15.5 Å². The van der Waals surface area contributed by atoms with Gasteiger partial charge in [0.2, 0.25) is 5.88 Å². The zero-order valence-corrected chi connectivity index (χ0v) is 11.2. The summed E-state index contributed by atoms with van der Waals surface area (Å²) in [7, 11) is 1.55. The fraction of sp³-hybridized carbons (Fsp3) is 0.615. The molecule has 1 aliphatic rings. The molecule has 1 aliphatic carbocycles. The summed E-state index contributed by atoms with van der Waals surface area (Å²) in [6.07, 6.45) is 5.52. The van der Waals surface area contributed by atoms with Crippen LogP contribution in [0.3, 0.4) is 0 Å². The minimum absolute atomic E-state index is 0.251. The van der Waals surface area contributed by atoms with Gasteiger partial charge in [0.25, 0.3) is 5.91 Å². The lowest BCUT2D eigenvalue weighted by Crippen LogP contribution is -2.47. The number of aromatic nitrogens is 2. The van der Waals surface area contributed by atoms with Gasteiger partial charge in [-0.2, -0.15) is 0 Å². The van der Waals surface area contributed by atoms with Gasteiger partial charge in [0.05, 0.1) is 5.54 Å². The number of ether oxygens (including phenoxy) is 1. The first-order valence-corrected chi connectivity index (χ1v) is 6.60. The van der Waals surface area contributed by atoms with Crippen LogP contribution in [0.15, 0.2) is 12.1 Å². The van der Waals surface area contributed by atoms with Crippen LogP contribution < -0.4 is 15.8 Å². The van der Waals surface area contributed by atoms with Crippen molar-refractivity contribution in [2.45, 2.75) is 37.6 Å². The molecule has 1 aromatic rings. The lowest BCUT2D eigenvalue weighted by atomic mass is 9.83. The second kappa shape index (κ2) is 5.97. The number of rotatable bonds is 4. The van der Waals surface area contributed by atoms with E-state index in [1.54, 1.807) is 19.2 Å². The van der Waals surface area contributed by atoms with Gasteiger partial charge in [-0.05, 0) is 18.9 Å². The Morgan fingerprint density at radius 2 is 2.11 bits per heavy atom. The van der Waals surface area contributed by atoms with Crippen LogP contribution in [-0.2, 0) is 0 Å². The molecule has 0 bridgehead atoms. The number of amides is 1. The van der Waals surface area contributed by atoms with Crippen LogP contribution in [0.25, 0.3) is 0 Å². The van der Waals surface area contributed by atoms with Crippen molar-refractivity contribution in [2.75, 3.05) is 13.7 Å². The maximum absolute atomic E-state index is 11.3. The summed E-state index contributed by atoms with van der Waals surface area (Å²) in [6, 6.07) is 3.23. The molecule has 0 radical (unpaired) electrons. The normalized spacial score (nSPS) is 17.8. The standard InChI is InChI=1S/C13H20N4O2/c1-15-12(18)10-5-6-11(17-16-10)19-9-13(14)7-3-2-4-8-13/h5-6H,2-4,7-9,14H2,1H3,(H,15,18). The van der Waals surface area contributed by atoms with Crippen molar-refractivity contribution in [3.8, 4) is 5.88 Å². The molecule has 6 heteroatoms. The number of nitrogens with one attached hydrogen (secondary N) is 1. The molecule has 1 amide bonds. The Morgan fingerprint density at radius 1 is 1.37 bits per heavy atom. The summed E-state index contributed by atoms with van der Waals surface area (Å²) < 4.78 is 5.59. The molecule has 2 rings (SSSR count). The third-order valence-corrected chi connectivity index (χ3v) is 3.46. The monoisotopic (exact) mass is 264 g/mol. The summed E-state index contributed by atoms with van der Waals surface area (Å²) in [6.45, 7) is 0.445. The van der Waals surface area contributed by atoms with E-state index in [4.69, 9.17) is 10.5 Å². The Morgan fingerprint density at radius 3 is 2.68 bits per heavy atom. The third-order valence-electron chi connectivity index (χ3n) is 3.46. The first kappa shape index (κ1) is 13.7. The molecule has 0 spiro atoms. The SMILES string of the molecule is CNC(=O)c1ccc(OCC2(N)CCCCC2)nn1. The van der Waals surface area contributed by atoms with Crippen molar-refractivity contribution in [1.29, 1.82) is 0 Å². The van der Waals surface area contributed by atoms with Gasteiger partial charge in [0, 0.05) is 13.1 Å². The maximum atomic E-state index is 11.3. The molecule has 0 aromatic carbocycles. The van der Waals surface area contributed by atoms with Crippen molar-refractivity contribution >= 4 is 5.91 Å². The highest BCUT2D eigenvalue weighted by Crippen LogP contribution is 2.26. The third kappa shape index (κ3) is 3.64. The van der Waals surface area contributed by atoms with E-state index in [0.29, 0.717) is 12.5 Å². The van der Waals surface area contributed by atoms with Crippen LogP contribution in [0.2, 0.25) is 0 Å². The van der Waals surface area contributed by atoms with Crippen molar-refractivity contribution in [3.05, 3.63) is 17.8 Å². The fourth-order valence-electron chi connectivity index (χ4n) is 2.26. The zero-order chi connectivity index (χ0) is 13.7. The second-order valence-electron chi connectivity index (χ2n) is 5.05. The second-order valence-corrected chi connectivity index (χ2v) is 5.05. The van der Waals surface area contributed by atoms with Crippen LogP contribution in [0.4, 0.5) is 0 Å². The van der Waals surface area contributed by atoms with Gasteiger partial charge in [-0.1, -0.05) is 19.3 Å². The molecule has 3 N–H and O–H groups in total. The lowest BCUT2D eigenvalue weighted by molar-refractivity contribution is 0.0956.